The molecular weight excluding hydrogens is 421 g/mol. The quantitative estimate of drug-likeness (QED) is 0.313. The maximum Gasteiger partial charge on any atom is 0.227 e. The van der Waals surface area contributed by atoms with Crippen molar-refractivity contribution in [1.82, 2.24) is 14.7 Å². The van der Waals surface area contributed by atoms with Crippen LogP contribution in [0.2, 0.25) is 0 Å². The smallest absolute Gasteiger partial charge is 0.227 e. The number of aliphatic hydroxyl groups is 1. The predicted octanol–water partition coefficient (Wildman–Crippen LogP) is 4.89. The van der Waals surface area contributed by atoms with E-state index in [0.29, 0.717) is 31.3 Å². The van der Waals surface area contributed by atoms with Crippen LogP contribution in [-0.4, -0.2) is 51.7 Å². The Labute approximate surface area is 194 Å². The first-order valence-corrected chi connectivity index (χ1v) is 11.1. The van der Waals surface area contributed by atoms with Crippen molar-refractivity contribution in [2.45, 2.75) is 39.5 Å². The van der Waals surface area contributed by atoms with Gasteiger partial charge in [0.05, 0.1) is 36.3 Å². The zero-order valence-corrected chi connectivity index (χ0v) is 19.4. The highest BCUT2D eigenvalue weighted by Crippen LogP contribution is 2.32. The van der Waals surface area contributed by atoms with E-state index in [1.54, 1.807) is 22.9 Å². The van der Waals surface area contributed by atoms with Gasteiger partial charge in [0.15, 0.2) is 0 Å². The van der Waals surface area contributed by atoms with Crippen LogP contribution < -0.4 is 4.74 Å². The third-order valence-electron chi connectivity index (χ3n) is 5.23. The van der Waals surface area contributed by atoms with Crippen LogP contribution >= 0.6 is 0 Å². The minimum atomic E-state index is -0.649. The molecule has 0 fully saturated rings. The Morgan fingerprint density at radius 1 is 1.18 bits per heavy atom. The fourth-order valence-electron chi connectivity index (χ4n) is 3.48. The van der Waals surface area contributed by atoms with Crippen molar-refractivity contribution in [3.8, 4) is 17.3 Å². The summed E-state index contributed by atoms with van der Waals surface area (Å²) in [6.45, 7) is 11.2. The second-order valence-electron chi connectivity index (χ2n) is 8.18. The molecule has 0 radical (unpaired) electrons. The number of benzene rings is 2. The first-order valence-electron chi connectivity index (χ1n) is 11.1. The first-order chi connectivity index (χ1) is 15.9. The number of hydrogen-bond acceptors (Lipinski definition) is 5. The van der Waals surface area contributed by atoms with Gasteiger partial charge in [0, 0.05) is 25.2 Å². The molecule has 0 amide bonds. The van der Waals surface area contributed by atoms with Crippen LogP contribution in [0.25, 0.3) is 5.69 Å². The number of aliphatic hydroxyl groups excluding tert-OH is 1. The number of para-hydroxylation sites is 1. The molecule has 0 aliphatic rings. The topological polar surface area (TPSA) is 59.8 Å². The molecule has 0 aliphatic carbocycles. The van der Waals surface area contributed by atoms with E-state index in [4.69, 9.17) is 14.6 Å². The summed E-state index contributed by atoms with van der Waals surface area (Å²) in [5.41, 5.74) is 2.51. The average Bonchev–Trinajstić information content (AvgIpc) is 3.09. The molecule has 0 bridgehead atoms. The van der Waals surface area contributed by atoms with Crippen LogP contribution in [0.1, 0.15) is 25.1 Å². The Morgan fingerprint density at radius 3 is 2.61 bits per heavy atom. The lowest BCUT2D eigenvalue weighted by Gasteiger charge is -2.29. The maximum absolute atomic E-state index is 13.8. The third-order valence-corrected chi connectivity index (χ3v) is 5.23. The lowest BCUT2D eigenvalue weighted by molar-refractivity contribution is 0.0177. The highest BCUT2D eigenvalue weighted by atomic mass is 19.1. The van der Waals surface area contributed by atoms with Crippen molar-refractivity contribution in [3.63, 3.8) is 0 Å². The van der Waals surface area contributed by atoms with Gasteiger partial charge in [-0.3, -0.25) is 4.90 Å². The van der Waals surface area contributed by atoms with Crippen LogP contribution in [0.4, 0.5) is 4.39 Å². The SMILES string of the molecule is C=CCOCC(O)CN(Cc1c(C)nn(-c2ccccc2)c1Oc1cccc(F)c1)C(C)C. The van der Waals surface area contributed by atoms with Gasteiger partial charge in [0.25, 0.3) is 0 Å². The zero-order valence-electron chi connectivity index (χ0n) is 19.4. The molecule has 176 valence electrons. The Kier molecular flexibility index (Phi) is 8.77. The fraction of sp³-hybridized carbons (Fsp3) is 0.346. The number of hydrogen-bond donors (Lipinski definition) is 1. The largest absolute Gasteiger partial charge is 0.438 e. The maximum atomic E-state index is 13.8. The third kappa shape index (κ3) is 6.74. The van der Waals surface area contributed by atoms with Gasteiger partial charge in [0.1, 0.15) is 11.6 Å². The van der Waals surface area contributed by atoms with Crippen molar-refractivity contribution in [2.75, 3.05) is 19.8 Å². The summed E-state index contributed by atoms with van der Waals surface area (Å²) in [5.74, 6) is 0.539. The van der Waals surface area contributed by atoms with Gasteiger partial charge in [-0.05, 0) is 45.0 Å². The summed E-state index contributed by atoms with van der Waals surface area (Å²) < 4.78 is 27.2. The lowest BCUT2D eigenvalue weighted by Crippen LogP contribution is -2.39. The fourth-order valence-corrected chi connectivity index (χ4v) is 3.48. The van der Waals surface area contributed by atoms with E-state index in [1.165, 1.54) is 12.1 Å². The summed E-state index contributed by atoms with van der Waals surface area (Å²) in [7, 11) is 0. The molecule has 6 nitrogen and oxygen atoms in total. The van der Waals surface area contributed by atoms with E-state index >= 15 is 0 Å². The van der Waals surface area contributed by atoms with E-state index in [0.717, 1.165) is 16.9 Å². The van der Waals surface area contributed by atoms with Gasteiger partial charge in [-0.1, -0.05) is 30.3 Å². The highest BCUT2D eigenvalue weighted by Gasteiger charge is 2.24. The molecule has 7 heteroatoms. The van der Waals surface area contributed by atoms with Gasteiger partial charge in [0.2, 0.25) is 5.88 Å². The summed E-state index contributed by atoms with van der Waals surface area (Å²) in [5, 5.41) is 15.2. The highest BCUT2D eigenvalue weighted by molar-refractivity contribution is 5.43. The molecule has 0 spiro atoms. The number of ether oxygens (including phenoxy) is 2. The Balaban J connectivity index is 1.93. The van der Waals surface area contributed by atoms with Gasteiger partial charge in [-0.2, -0.15) is 5.10 Å². The average molecular weight is 454 g/mol. The van der Waals surface area contributed by atoms with Crippen LogP contribution in [-0.2, 0) is 11.3 Å². The molecule has 0 aliphatic heterocycles. The second kappa shape index (κ2) is 11.7. The molecular formula is C26H32FN3O3. The van der Waals surface area contributed by atoms with Crippen LogP contribution in [0, 0.1) is 12.7 Å². The number of rotatable bonds is 12. The zero-order chi connectivity index (χ0) is 23.8. The number of halogens is 1. The van der Waals surface area contributed by atoms with E-state index in [1.807, 2.05) is 37.3 Å². The molecule has 1 atom stereocenters. The van der Waals surface area contributed by atoms with Crippen molar-refractivity contribution >= 4 is 0 Å². The Hall–Kier alpha value is -3.00. The van der Waals surface area contributed by atoms with E-state index in [2.05, 4.69) is 25.3 Å². The molecule has 3 rings (SSSR count). The molecule has 2 aromatic carbocycles. The normalized spacial score (nSPS) is 12.3. The van der Waals surface area contributed by atoms with Gasteiger partial charge >= 0.3 is 0 Å². The minimum absolute atomic E-state index is 0.153. The van der Waals surface area contributed by atoms with Gasteiger partial charge < -0.3 is 14.6 Å². The van der Waals surface area contributed by atoms with Crippen LogP contribution in [0.3, 0.4) is 0 Å². The molecule has 1 unspecified atom stereocenters. The van der Waals surface area contributed by atoms with E-state index in [-0.39, 0.29) is 18.5 Å². The monoisotopic (exact) mass is 453 g/mol. The minimum Gasteiger partial charge on any atom is -0.438 e. The summed E-state index contributed by atoms with van der Waals surface area (Å²) in [4.78, 5) is 2.14. The molecule has 1 aromatic heterocycles. The summed E-state index contributed by atoms with van der Waals surface area (Å²) in [6, 6.07) is 15.9. The molecule has 1 N–H and O–H groups in total. The molecule has 0 saturated carbocycles. The molecule has 1 heterocycles. The molecule has 0 saturated heterocycles. The standard InChI is InChI=1S/C26H32FN3O3/c1-5-14-32-18-23(31)16-29(19(2)3)17-25-20(4)28-30(22-11-7-6-8-12-22)26(25)33-24-13-9-10-21(27)15-24/h5-13,15,19,23,31H,1,14,16-18H2,2-4H3. The Morgan fingerprint density at radius 2 is 1.94 bits per heavy atom. The van der Waals surface area contributed by atoms with E-state index < -0.39 is 6.10 Å². The molecule has 3 aromatic rings. The Bertz CT molecular complexity index is 1040. The lowest BCUT2D eigenvalue weighted by atomic mass is 10.2. The van der Waals surface area contributed by atoms with Crippen LogP contribution in [0.5, 0.6) is 11.6 Å². The summed E-state index contributed by atoms with van der Waals surface area (Å²) in [6.07, 6.45) is 1.01. The number of nitrogens with zero attached hydrogens (tertiary/aromatic N) is 3. The number of aryl methyl sites for hydroxylation is 1. The van der Waals surface area contributed by atoms with E-state index in [9.17, 15) is 9.50 Å². The first kappa shape index (κ1) is 24.6. The van der Waals surface area contributed by atoms with Crippen molar-refractivity contribution < 1.29 is 19.0 Å². The summed E-state index contributed by atoms with van der Waals surface area (Å²) >= 11 is 0. The van der Waals surface area contributed by atoms with Gasteiger partial charge in [-0.15, -0.1) is 6.58 Å². The van der Waals surface area contributed by atoms with Crippen LogP contribution in [0.15, 0.2) is 67.3 Å². The number of aromatic nitrogens is 2. The van der Waals surface area contributed by atoms with Crippen molar-refractivity contribution in [2.24, 2.45) is 0 Å². The molecule has 33 heavy (non-hydrogen) atoms. The van der Waals surface area contributed by atoms with Gasteiger partial charge in [-0.25, -0.2) is 9.07 Å². The predicted molar refractivity (Wildman–Crippen MR) is 127 cm³/mol. The van der Waals surface area contributed by atoms with Crippen molar-refractivity contribution in [1.29, 1.82) is 0 Å². The second-order valence-corrected chi connectivity index (χ2v) is 8.18. The van der Waals surface area contributed by atoms with Crippen molar-refractivity contribution in [3.05, 3.63) is 84.3 Å².